The highest BCUT2D eigenvalue weighted by Crippen LogP contribution is 2.39. The summed E-state index contributed by atoms with van der Waals surface area (Å²) in [5, 5.41) is 0. The molecule has 2 heterocycles. The van der Waals surface area contributed by atoms with Crippen molar-refractivity contribution in [2.24, 2.45) is 0 Å². The summed E-state index contributed by atoms with van der Waals surface area (Å²) in [6.45, 7) is 0. The summed E-state index contributed by atoms with van der Waals surface area (Å²) in [6.07, 6.45) is 6.63. The van der Waals surface area contributed by atoms with Crippen LogP contribution >= 0.6 is 15.9 Å². The van der Waals surface area contributed by atoms with Gasteiger partial charge in [-0.1, -0.05) is 0 Å². The summed E-state index contributed by atoms with van der Waals surface area (Å²) >= 11 is 3.47. The maximum Gasteiger partial charge on any atom is 0.116 e. The maximum absolute atomic E-state index is 4.44. The third-order valence-electron chi connectivity index (χ3n) is 2.46. The zero-order valence-corrected chi connectivity index (χ0v) is 8.66. The molecule has 0 bridgehead atoms. The molecule has 0 saturated heterocycles. The minimum absolute atomic E-state index is 0.705. The van der Waals surface area contributed by atoms with Gasteiger partial charge in [-0.25, -0.2) is 4.98 Å². The first-order valence-corrected chi connectivity index (χ1v) is 5.26. The van der Waals surface area contributed by atoms with E-state index >= 15 is 0 Å². The van der Waals surface area contributed by atoms with Crippen LogP contribution < -0.4 is 0 Å². The van der Waals surface area contributed by atoms with Crippen molar-refractivity contribution in [1.82, 2.24) is 9.38 Å². The van der Waals surface area contributed by atoms with Crippen LogP contribution in [-0.4, -0.2) is 9.38 Å². The molecule has 0 aliphatic heterocycles. The van der Waals surface area contributed by atoms with E-state index in [1.807, 2.05) is 12.3 Å². The number of nitrogens with zero attached hydrogens (tertiary/aromatic N) is 2. The van der Waals surface area contributed by atoms with Crippen LogP contribution in [0.15, 0.2) is 29.0 Å². The van der Waals surface area contributed by atoms with E-state index in [1.54, 1.807) is 0 Å². The predicted octanol–water partition coefficient (Wildman–Crippen LogP) is 2.97. The van der Waals surface area contributed by atoms with E-state index in [1.165, 1.54) is 24.2 Å². The highest BCUT2D eigenvalue weighted by molar-refractivity contribution is 9.10. The average Bonchev–Trinajstić information content (AvgIpc) is 2.87. The van der Waals surface area contributed by atoms with Crippen molar-refractivity contribution in [3.05, 3.63) is 34.8 Å². The van der Waals surface area contributed by atoms with Crippen LogP contribution in [0.1, 0.15) is 24.6 Å². The monoisotopic (exact) mass is 236 g/mol. The number of fused-ring (bicyclic) bond motifs is 1. The van der Waals surface area contributed by atoms with Gasteiger partial charge in [0.1, 0.15) is 5.82 Å². The first kappa shape index (κ1) is 7.56. The van der Waals surface area contributed by atoms with Gasteiger partial charge in [0, 0.05) is 16.6 Å². The summed E-state index contributed by atoms with van der Waals surface area (Å²) in [5.74, 6) is 1.92. The van der Waals surface area contributed by atoms with Crippen LogP contribution in [0.25, 0.3) is 5.52 Å². The normalized spacial score (nSPS) is 16.7. The quantitative estimate of drug-likeness (QED) is 0.745. The van der Waals surface area contributed by atoms with Gasteiger partial charge >= 0.3 is 0 Å². The molecule has 1 saturated carbocycles. The summed E-state index contributed by atoms with van der Waals surface area (Å²) in [6, 6.07) is 4.14. The highest BCUT2D eigenvalue weighted by Gasteiger charge is 2.27. The van der Waals surface area contributed by atoms with Crippen molar-refractivity contribution in [3.8, 4) is 0 Å². The van der Waals surface area contributed by atoms with E-state index in [-0.39, 0.29) is 0 Å². The Hall–Kier alpha value is -0.830. The first-order chi connectivity index (χ1) is 6.34. The molecule has 0 spiro atoms. The topological polar surface area (TPSA) is 17.3 Å². The Labute approximate surface area is 84.7 Å². The maximum atomic E-state index is 4.44. The number of imidazole rings is 1. The van der Waals surface area contributed by atoms with Gasteiger partial charge in [0.2, 0.25) is 0 Å². The number of pyridine rings is 1. The molecular weight excluding hydrogens is 228 g/mol. The minimum Gasteiger partial charge on any atom is -0.302 e. The van der Waals surface area contributed by atoms with Crippen LogP contribution in [0.5, 0.6) is 0 Å². The molecule has 2 nitrogen and oxygen atoms in total. The lowest BCUT2D eigenvalue weighted by Gasteiger charge is -1.98. The zero-order valence-electron chi connectivity index (χ0n) is 7.07. The Balaban J connectivity index is 2.29. The number of rotatable bonds is 1. The largest absolute Gasteiger partial charge is 0.302 e. The van der Waals surface area contributed by atoms with Crippen molar-refractivity contribution < 1.29 is 0 Å². The fraction of sp³-hybridized carbons (Fsp3) is 0.300. The first-order valence-electron chi connectivity index (χ1n) is 4.47. The van der Waals surface area contributed by atoms with Gasteiger partial charge in [-0.3, -0.25) is 0 Å². The van der Waals surface area contributed by atoms with Crippen LogP contribution in [0, 0.1) is 0 Å². The number of hydrogen-bond acceptors (Lipinski definition) is 1. The number of halogens is 1. The van der Waals surface area contributed by atoms with Gasteiger partial charge in [0.15, 0.2) is 0 Å². The Bertz CT molecular complexity index is 457. The second-order valence-corrected chi connectivity index (χ2v) is 4.45. The molecule has 2 aromatic rings. The van der Waals surface area contributed by atoms with Gasteiger partial charge < -0.3 is 4.40 Å². The predicted molar refractivity (Wildman–Crippen MR) is 54.9 cm³/mol. The van der Waals surface area contributed by atoms with E-state index in [9.17, 15) is 0 Å². The molecule has 0 aromatic carbocycles. The molecule has 2 aromatic heterocycles. The fourth-order valence-electron chi connectivity index (χ4n) is 1.63. The van der Waals surface area contributed by atoms with Crippen molar-refractivity contribution in [2.45, 2.75) is 18.8 Å². The Kier molecular flexibility index (Phi) is 1.50. The lowest BCUT2D eigenvalue weighted by atomic mass is 10.4. The minimum atomic E-state index is 0.705. The molecule has 0 unspecified atom stereocenters. The van der Waals surface area contributed by atoms with Crippen LogP contribution in [0.2, 0.25) is 0 Å². The second-order valence-electron chi connectivity index (χ2n) is 3.53. The molecule has 3 rings (SSSR count). The molecule has 0 amide bonds. The highest BCUT2D eigenvalue weighted by atomic mass is 79.9. The van der Waals surface area contributed by atoms with E-state index in [4.69, 9.17) is 0 Å². The number of hydrogen-bond donors (Lipinski definition) is 0. The lowest BCUT2D eigenvalue weighted by Crippen LogP contribution is -1.91. The molecule has 1 aliphatic rings. The van der Waals surface area contributed by atoms with E-state index in [2.05, 4.69) is 37.6 Å². The molecule has 13 heavy (non-hydrogen) atoms. The van der Waals surface area contributed by atoms with E-state index in [0.29, 0.717) is 5.92 Å². The van der Waals surface area contributed by atoms with Crippen molar-refractivity contribution >= 4 is 21.4 Å². The van der Waals surface area contributed by atoms with Gasteiger partial charge in [-0.15, -0.1) is 0 Å². The Morgan fingerprint density at radius 1 is 1.38 bits per heavy atom. The summed E-state index contributed by atoms with van der Waals surface area (Å²) in [5.41, 5.74) is 1.19. The Morgan fingerprint density at radius 2 is 2.23 bits per heavy atom. The molecule has 3 heteroatoms. The lowest BCUT2D eigenvalue weighted by molar-refractivity contribution is 0.919. The Morgan fingerprint density at radius 3 is 3.00 bits per heavy atom. The van der Waals surface area contributed by atoms with E-state index in [0.717, 1.165) is 4.47 Å². The third kappa shape index (κ3) is 1.18. The molecule has 1 aliphatic carbocycles. The molecule has 0 atom stereocenters. The average molecular weight is 237 g/mol. The fourth-order valence-corrected chi connectivity index (χ4v) is 1.96. The molecule has 66 valence electrons. The summed E-state index contributed by atoms with van der Waals surface area (Å²) in [4.78, 5) is 4.44. The standard InChI is InChI=1S/C10H9BrN2/c11-8-3-4-9-5-12-10(7-1-2-7)13(9)6-8/h3-7H,1-2H2. The van der Waals surface area contributed by atoms with Crippen LogP contribution in [0.4, 0.5) is 0 Å². The zero-order chi connectivity index (χ0) is 8.84. The van der Waals surface area contributed by atoms with Gasteiger partial charge in [0.25, 0.3) is 0 Å². The van der Waals surface area contributed by atoms with E-state index < -0.39 is 0 Å². The van der Waals surface area contributed by atoms with Crippen molar-refractivity contribution in [3.63, 3.8) is 0 Å². The molecule has 0 radical (unpaired) electrons. The smallest absolute Gasteiger partial charge is 0.116 e. The third-order valence-corrected chi connectivity index (χ3v) is 2.93. The summed E-state index contributed by atoms with van der Waals surface area (Å²) < 4.78 is 3.29. The summed E-state index contributed by atoms with van der Waals surface area (Å²) in [7, 11) is 0. The van der Waals surface area contributed by atoms with Gasteiger partial charge in [0.05, 0.1) is 11.7 Å². The van der Waals surface area contributed by atoms with Gasteiger partial charge in [-0.2, -0.15) is 0 Å². The van der Waals surface area contributed by atoms with Crippen molar-refractivity contribution in [2.75, 3.05) is 0 Å². The molecular formula is C10H9BrN2. The SMILES string of the molecule is Brc1ccc2cnc(C3CC3)n2c1. The molecule has 1 fully saturated rings. The van der Waals surface area contributed by atoms with Crippen LogP contribution in [-0.2, 0) is 0 Å². The second kappa shape index (κ2) is 2.58. The number of aromatic nitrogens is 2. The van der Waals surface area contributed by atoms with Crippen molar-refractivity contribution in [1.29, 1.82) is 0 Å². The van der Waals surface area contributed by atoms with Gasteiger partial charge in [-0.05, 0) is 40.9 Å². The molecule has 0 N–H and O–H groups in total. The van der Waals surface area contributed by atoms with Crippen LogP contribution in [0.3, 0.4) is 0 Å².